The van der Waals surface area contributed by atoms with E-state index in [4.69, 9.17) is 5.73 Å². The molecule has 0 bridgehead atoms. The van der Waals surface area contributed by atoms with Gasteiger partial charge in [-0.3, -0.25) is 0 Å². The van der Waals surface area contributed by atoms with Gasteiger partial charge in [-0.2, -0.15) is 0 Å². The minimum Gasteiger partial charge on any atom is -0.368 e. The summed E-state index contributed by atoms with van der Waals surface area (Å²) >= 11 is 0. The van der Waals surface area contributed by atoms with Gasteiger partial charge in [0.25, 0.3) is 0 Å². The third-order valence-electron chi connectivity index (χ3n) is 2.40. The maximum absolute atomic E-state index is 13.8. The van der Waals surface area contributed by atoms with Crippen molar-refractivity contribution in [2.45, 2.75) is 19.9 Å². The summed E-state index contributed by atoms with van der Waals surface area (Å²) in [5.74, 6) is -0.237. The molecular formula is C13H19FN2. The van der Waals surface area contributed by atoms with E-state index in [2.05, 4.69) is 6.58 Å². The smallest absolute Gasteiger partial charge is 0.146 e. The van der Waals surface area contributed by atoms with Gasteiger partial charge in [0.05, 0.1) is 5.69 Å². The topological polar surface area (TPSA) is 29.3 Å². The molecule has 0 aliphatic rings. The maximum Gasteiger partial charge on any atom is 0.146 e. The van der Waals surface area contributed by atoms with Gasteiger partial charge in [0.15, 0.2) is 0 Å². The minimum absolute atomic E-state index is 0.182. The average molecular weight is 222 g/mol. The summed E-state index contributed by atoms with van der Waals surface area (Å²) in [7, 11) is 1.85. The molecule has 0 fully saturated rings. The molecule has 0 aliphatic heterocycles. The van der Waals surface area contributed by atoms with Gasteiger partial charge in [-0.1, -0.05) is 24.3 Å². The number of rotatable bonds is 4. The van der Waals surface area contributed by atoms with E-state index < -0.39 is 0 Å². The van der Waals surface area contributed by atoms with Crippen LogP contribution < -0.4 is 10.6 Å². The fourth-order valence-electron chi connectivity index (χ4n) is 1.79. The first-order valence-electron chi connectivity index (χ1n) is 5.33. The van der Waals surface area contributed by atoms with Gasteiger partial charge in [-0.25, -0.2) is 4.39 Å². The summed E-state index contributed by atoms with van der Waals surface area (Å²) in [5, 5.41) is 0. The molecule has 0 spiro atoms. The largest absolute Gasteiger partial charge is 0.368 e. The molecule has 1 rings (SSSR count). The molecule has 1 aromatic rings. The van der Waals surface area contributed by atoms with Gasteiger partial charge in [0.2, 0.25) is 0 Å². The van der Waals surface area contributed by atoms with Crippen molar-refractivity contribution >= 4 is 5.69 Å². The molecule has 0 saturated heterocycles. The molecule has 0 aliphatic carbocycles. The van der Waals surface area contributed by atoms with Crippen LogP contribution in [0.2, 0.25) is 0 Å². The molecule has 88 valence electrons. The minimum atomic E-state index is -0.237. The van der Waals surface area contributed by atoms with Crippen LogP contribution >= 0.6 is 0 Å². The van der Waals surface area contributed by atoms with E-state index in [0.29, 0.717) is 12.2 Å². The van der Waals surface area contributed by atoms with Crippen molar-refractivity contribution < 1.29 is 4.39 Å². The van der Waals surface area contributed by atoms with Crippen molar-refractivity contribution in [2.24, 2.45) is 5.73 Å². The fourth-order valence-corrected chi connectivity index (χ4v) is 1.79. The molecule has 1 aromatic carbocycles. The van der Waals surface area contributed by atoms with E-state index in [1.54, 1.807) is 6.07 Å². The lowest BCUT2D eigenvalue weighted by Crippen LogP contribution is -2.23. The Morgan fingerprint density at radius 3 is 2.69 bits per heavy atom. The molecule has 1 atom stereocenters. The number of hydrogen-bond donors (Lipinski definition) is 1. The second-order valence-electron chi connectivity index (χ2n) is 4.28. The van der Waals surface area contributed by atoms with Crippen LogP contribution in [0.25, 0.3) is 0 Å². The number of hydrogen-bond acceptors (Lipinski definition) is 2. The van der Waals surface area contributed by atoms with Gasteiger partial charge in [0.1, 0.15) is 5.82 Å². The van der Waals surface area contributed by atoms with Crippen LogP contribution in [0.4, 0.5) is 10.1 Å². The lowest BCUT2D eigenvalue weighted by atomic mass is 10.1. The van der Waals surface area contributed by atoms with Gasteiger partial charge in [-0.15, -0.1) is 0 Å². The molecule has 0 heterocycles. The number of anilines is 1. The van der Waals surface area contributed by atoms with E-state index in [0.717, 1.165) is 11.1 Å². The Balaban J connectivity index is 3.14. The monoisotopic (exact) mass is 222 g/mol. The molecule has 16 heavy (non-hydrogen) atoms. The van der Waals surface area contributed by atoms with Crippen molar-refractivity contribution in [3.05, 3.63) is 41.7 Å². The summed E-state index contributed by atoms with van der Waals surface area (Å²) in [6.07, 6.45) is 0. The third kappa shape index (κ3) is 2.83. The van der Waals surface area contributed by atoms with E-state index in [1.807, 2.05) is 31.9 Å². The van der Waals surface area contributed by atoms with E-state index in [9.17, 15) is 4.39 Å². The Hall–Kier alpha value is -1.35. The first kappa shape index (κ1) is 12.7. The highest BCUT2D eigenvalue weighted by atomic mass is 19.1. The molecule has 0 unspecified atom stereocenters. The highest BCUT2D eigenvalue weighted by molar-refractivity contribution is 5.56. The van der Waals surface area contributed by atoms with Crippen LogP contribution in [0.3, 0.4) is 0 Å². The second-order valence-corrected chi connectivity index (χ2v) is 4.28. The van der Waals surface area contributed by atoms with E-state index in [-0.39, 0.29) is 11.9 Å². The molecule has 2 nitrogen and oxygen atoms in total. The Kier molecular flexibility index (Phi) is 4.07. The molecular weight excluding hydrogens is 203 g/mol. The summed E-state index contributed by atoms with van der Waals surface area (Å²) in [6.45, 7) is 8.23. The highest BCUT2D eigenvalue weighted by Gasteiger charge is 2.15. The standard InChI is InChI=1S/C13H19FN2/c1-9(2)8-16(4)13-11(10(3)15)6-5-7-12(13)14/h5-7,10H,1,8,15H2,2-4H3/t10-/m0/s1. The second kappa shape index (κ2) is 5.12. The molecule has 0 aromatic heterocycles. The number of nitrogens with zero attached hydrogens (tertiary/aromatic N) is 1. The Bertz CT molecular complexity index is 386. The molecule has 3 heteroatoms. The lowest BCUT2D eigenvalue weighted by molar-refractivity contribution is 0.618. The first-order valence-corrected chi connectivity index (χ1v) is 5.33. The molecule has 0 saturated carbocycles. The first-order chi connectivity index (χ1) is 7.43. The van der Waals surface area contributed by atoms with Crippen LogP contribution in [0.5, 0.6) is 0 Å². The van der Waals surface area contributed by atoms with Gasteiger partial charge in [-0.05, 0) is 25.5 Å². The predicted molar refractivity (Wildman–Crippen MR) is 67.1 cm³/mol. The van der Waals surface area contributed by atoms with Gasteiger partial charge in [0, 0.05) is 19.6 Å². The summed E-state index contributed by atoms with van der Waals surface area (Å²) in [6, 6.07) is 4.82. The van der Waals surface area contributed by atoms with Crippen molar-refractivity contribution in [1.82, 2.24) is 0 Å². The number of para-hydroxylation sites is 1. The van der Waals surface area contributed by atoms with Crippen molar-refractivity contribution in [3.8, 4) is 0 Å². The zero-order valence-corrected chi connectivity index (χ0v) is 10.1. The third-order valence-corrected chi connectivity index (χ3v) is 2.40. The molecule has 0 radical (unpaired) electrons. The van der Waals surface area contributed by atoms with Gasteiger partial charge < -0.3 is 10.6 Å². The zero-order valence-electron chi connectivity index (χ0n) is 10.1. The quantitative estimate of drug-likeness (QED) is 0.794. The zero-order chi connectivity index (χ0) is 12.3. The van der Waals surface area contributed by atoms with Crippen LogP contribution in [-0.4, -0.2) is 13.6 Å². The number of halogens is 1. The Labute approximate surface area is 96.6 Å². The molecule has 0 amide bonds. The number of nitrogens with two attached hydrogens (primary N) is 1. The van der Waals surface area contributed by atoms with Crippen molar-refractivity contribution in [2.75, 3.05) is 18.5 Å². The fraction of sp³-hybridized carbons (Fsp3) is 0.385. The van der Waals surface area contributed by atoms with Crippen LogP contribution in [-0.2, 0) is 0 Å². The maximum atomic E-state index is 13.8. The van der Waals surface area contributed by atoms with Crippen LogP contribution in [0.1, 0.15) is 25.5 Å². The van der Waals surface area contributed by atoms with Crippen LogP contribution in [0, 0.1) is 5.82 Å². The Morgan fingerprint density at radius 2 is 2.19 bits per heavy atom. The average Bonchev–Trinajstić information content (AvgIpc) is 2.15. The Morgan fingerprint density at radius 1 is 1.56 bits per heavy atom. The normalized spacial score (nSPS) is 12.3. The number of likely N-dealkylation sites (N-methyl/N-ethyl adjacent to an activating group) is 1. The summed E-state index contributed by atoms with van der Waals surface area (Å²) in [5.41, 5.74) is 8.22. The molecule has 2 N–H and O–H groups in total. The SMILES string of the molecule is C=C(C)CN(C)c1c(F)cccc1[C@H](C)N. The van der Waals surface area contributed by atoms with E-state index in [1.165, 1.54) is 6.07 Å². The van der Waals surface area contributed by atoms with Crippen LogP contribution in [0.15, 0.2) is 30.4 Å². The van der Waals surface area contributed by atoms with Crippen molar-refractivity contribution in [1.29, 1.82) is 0 Å². The van der Waals surface area contributed by atoms with Crippen molar-refractivity contribution in [3.63, 3.8) is 0 Å². The predicted octanol–water partition coefficient (Wildman–Crippen LogP) is 2.86. The summed E-state index contributed by atoms with van der Waals surface area (Å²) < 4.78 is 13.8. The van der Waals surface area contributed by atoms with E-state index >= 15 is 0 Å². The number of benzene rings is 1. The lowest BCUT2D eigenvalue weighted by Gasteiger charge is -2.24. The highest BCUT2D eigenvalue weighted by Crippen LogP contribution is 2.27. The summed E-state index contributed by atoms with van der Waals surface area (Å²) in [4.78, 5) is 1.84. The van der Waals surface area contributed by atoms with Gasteiger partial charge >= 0.3 is 0 Å².